The number of nitrogens with one attached hydrogen (secondary N) is 2. The molecule has 3 fully saturated rings. The van der Waals surface area contributed by atoms with Crippen molar-refractivity contribution in [3.63, 3.8) is 0 Å². The molecule has 5 rings (SSSR count). The van der Waals surface area contributed by atoms with E-state index in [0.29, 0.717) is 29.5 Å². The molecule has 7 heteroatoms. The molecule has 2 saturated heterocycles. The van der Waals surface area contributed by atoms with E-state index < -0.39 is 10.0 Å². The fourth-order valence-corrected chi connectivity index (χ4v) is 5.23. The van der Waals surface area contributed by atoms with Crippen LogP contribution in [-0.2, 0) is 16.4 Å². The number of benzene rings is 2. The number of sulfonamides is 1. The van der Waals surface area contributed by atoms with Gasteiger partial charge in [-0.3, -0.25) is 0 Å². The van der Waals surface area contributed by atoms with Crippen molar-refractivity contribution in [2.24, 2.45) is 5.92 Å². The summed E-state index contributed by atoms with van der Waals surface area (Å²) in [4.78, 5) is 0. The Hall–Kier alpha value is -1.47. The van der Waals surface area contributed by atoms with Gasteiger partial charge in [0, 0.05) is 23.7 Å². The number of fused-ring (bicyclic) bond motifs is 2. The van der Waals surface area contributed by atoms with Crippen molar-refractivity contribution in [2.45, 2.75) is 44.3 Å². The Balaban J connectivity index is 0.00000225. The number of halogens is 2. The first-order valence-corrected chi connectivity index (χ1v) is 11.2. The van der Waals surface area contributed by atoms with E-state index >= 15 is 4.39 Å². The van der Waals surface area contributed by atoms with Gasteiger partial charge in [0.15, 0.2) is 0 Å². The summed E-state index contributed by atoms with van der Waals surface area (Å²) in [6.07, 6.45) is 2.44. The third kappa shape index (κ3) is 4.25. The second kappa shape index (κ2) is 8.49. The van der Waals surface area contributed by atoms with Crippen molar-refractivity contribution in [3.05, 3.63) is 59.9 Å². The maximum atomic E-state index is 15.2. The molecular weight excluding hydrogens is 399 g/mol. The molecule has 0 unspecified atom stereocenters. The number of hydrogen-bond acceptors (Lipinski definition) is 3. The zero-order valence-corrected chi connectivity index (χ0v) is 17.4. The minimum absolute atomic E-state index is 0. The standard InChI is InChI=1S/C21H25FN2O2S.ClH/c1-2-27(25,26)24-21-16-11-17(12-16)23-19(21)13-15-9-6-10-18(20(15)22)14-7-4-3-5-8-14;/h3-10,16-17,19,21,23-24H,2,11-13H2,1H3;1H/t16?,17?,19-,21-;/m0./s1. The highest BCUT2D eigenvalue weighted by Crippen LogP contribution is 2.38. The normalized spacial score (nSPS) is 26.2. The summed E-state index contributed by atoms with van der Waals surface area (Å²) >= 11 is 0. The zero-order chi connectivity index (χ0) is 19.0. The van der Waals surface area contributed by atoms with Crippen LogP contribution >= 0.6 is 12.4 Å². The lowest BCUT2D eigenvalue weighted by molar-refractivity contribution is 0.0809. The fourth-order valence-electron chi connectivity index (χ4n) is 4.30. The number of rotatable bonds is 6. The molecule has 0 amide bonds. The highest BCUT2D eigenvalue weighted by Gasteiger charge is 2.46. The van der Waals surface area contributed by atoms with Gasteiger partial charge >= 0.3 is 0 Å². The predicted molar refractivity (Wildman–Crippen MR) is 113 cm³/mol. The van der Waals surface area contributed by atoms with Crippen LogP contribution in [0.1, 0.15) is 25.3 Å². The third-order valence-electron chi connectivity index (χ3n) is 5.86. The average molecular weight is 425 g/mol. The van der Waals surface area contributed by atoms with Gasteiger partial charge in [-0.05, 0) is 43.2 Å². The second-order valence-corrected chi connectivity index (χ2v) is 9.64. The Labute approximate surface area is 172 Å². The van der Waals surface area contributed by atoms with Crippen LogP contribution in [-0.4, -0.2) is 32.3 Å². The van der Waals surface area contributed by atoms with Gasteiger partial charge in [-0.1, -0.05) is 48.5 Å². The van der Waals surface area contributed by atoms with E-state index in [9.17, 15) is 8.42 Å². The molecule has 1 aliphatic carbocycles. The monoisotopic (exact) mass is 424 g/mol. The Morgan fingerprint density at radius 3 is 2.50 bits per heavy atom. The van der Waals surface area contributed by atoms with Gasteiger partial charge in [-0.25, -0.2) is 17.5 Å². The summed E-state index contributed by atoms with van der Waals surface area (Å²) < 4.78 is 42.3. The number of piperidine rings is 2. The van der Waals surface area contributed by atoms with Crippen LogP contribution < -0.4 is 10.0 Å². The molecular formula is C21H26ClFN2O2S. The summed E-state index contributed by atoms with van der Waals surface area (Å²) in [5, 5.41) is 3.52. The molecule has 2 aromatic rings. The van der Waals surface area contributed by atoms with E-state index in [1.165, 1.54) is 0 Å². The molecule has 2 bridgehead atoms. The minimum Gasteiger partial charge on any atom is -0.309 e. The van der Waals surface area contributed by atoms with Crippen molar-refractivity contribution in [3.8, 4) is 11.1 Å². The van der Waals surface area contributed by atoms with Crippen molar-refractivity contribution >= 4 is 22.4 Å². The lowest BCUT2D eigenvalue weighted by Crippen LogP contribution is -2.68. The van der Waals surface area contributed by atoms with Crippen molar-refractivity contribution in [2.75, 3.05) is 5.75 Å². The Bertz CT molecular complexity index is 917. The van der Waals surface area contributed by atoms with Crippen molar-refractivity contribution < 1.29 is 12.8 Å². The van der Waals surface area contributed by atoms with Crippen LogP contribution in [0.2, 0.25) is 0 Å². The van der Waals surface area contributed by atoms with Gasteiger partial charge in [0.05, 0.1) is 5.75 Å². The van der Waals surface area contributed by atoms with Gasteiger partial charge in [0.1, 0.15) is 5.82 Å². The first-order valence-electron chi connectivity index (χ1n) is 9.55. The Morgan fingerprint density at radius 1 is 1.11 bits per heavy atom. The topological polar surface area (TPSA) is 58.2 Å². The quantitative estimate of drug-likeness (QED) is 0.746. The van der Waals surface area contributed by atoms with Crippen LogP contribution in [0.5, 0.6) is 0 Å². The Kier molecular flexibility index (Phi) is 6.44. The molecule has 0 radical (unpaired) electrons. The lowest BCUT2D eigenvalue weighted by Gasteiger charge is -2.52. The van der Waals surface area contributed by atoms with Gasteiger partial charge < -0.3 is 5.32 Å². The van der Waals surface area contributed by atoms with Gasteiger partial charge in [0.2, 0.25) is 10.0 Å². The fraction of sp³-hybridized carbons (Fsp3) is 0.429. The SMILES string of the molecule is CCS(=O)(=O)N[C@H]1C2CC(C2)N[C@H]1Cc1cccc(-c2ccccc2)c1F.Cl. The van der Waals surface area contributed by atoms with Crippen molar-refractivity contribution in [1.82, 2.24) is 10.0 Å². The van der Waals surface area contributed by atoms with Crippen LogP contribution in [0.4, 0.5) is 4.39 Å². The number of hydrogen-bond donors (Lipinski definition) is 2. The van der Waals surface area contributed by atoms with Gasteiger partial charge in [-0.15, -0.1) is 12.4 Å². The minimum atomic E-state index is -3.30. The maximum absolute atomic E-state index is 15.2. The van der Waals surface area contributed by atoms with E-state index in [-0.39, 0.29) is 36.1 Å². The van der Waals surface area contributed by atoms with E-state index in [2.05, 4.69) is 10.0 Å². The molecule has 28 heavy (non-hydrogen) atoms. The molecule has 4 nitrogen and oxygen atoms in total. The molecule has 2 aliphatic heterocycles. The van der Waals surface area contributed by atoms with E-state index in [1.54, 1.807) is 19.1 Å². The largest absolute Gasteiger partial charge is 0.309 e. The van der Waals surface area contributed by atoms with E-state index in [0.717, 1.165) is 18.4 Å². The zero-order valence-electron chi connectivity index (χ0n) is 15.8. The third-order valence-corrected chi connectivity index (χ3v) is 7.26. The molecule has 0 aromatic heterocycles. The molecule has 3 aliphatic rings. The van der Waals surface area contributed by atoms with Crippen LogP contribution in [0.15, 0.2) is 48.5 Å². The molecule has 1 saturated carbocycles. The lowest BCUT2D eigenvalue weighted by atomic mass is 9.68. The molecule has 2 aromatic carbocycles. The van der Waals surface area contributed by atoms with Crippen LogP contribution in [0, 0.1) is 11.7 Å². The smallest absolute Gasteiger partial charge is 0.211 e. The summed E-state index contributed by atoms with van der Waals surface area (Å²) in [5.74, 6) is 0.175. The first kappa shape index (κ1) is 21.2. The van der Waals surface area contributed by atoms with Crippen molar-refractivity contribution in [1.29, 1.82) is 0 Å². The highest BCUT2D eigenvalue weighted by molar-refractivity contribution is 7.89. The first-order chi connectivity index (χ1) is 13.0. The highest BCUT2D eigenvalue weighted by atomic mass is 35.5. The Morgan fingerprint density at radius 2 is 1.82 bits per heavy atom. The van der Waals surface area contributed by atoms with Crippen LogP contribution in [0.25, 0.3) is 11.1 Å². The summed E-state index contributed by atoms with van der Waals surface area (Å²) in [7, 11) is -3.30. The van der Waals surface area contributed by atoms with Crippen LogP contribution in [0.3, 0.4) is 0 Å². The predicted octanol–water partition coefficient (Wildman–Crippen LogP) is 3.52. The average Bonchev–Trinajstić information content (AvgIpc) is 2.64. The molecule has 0 spiro atoms. The molecule has 2 N–H and O–H groups in total. The molecule has 2 atom stereocenters. The second-order valence-electron chi connectivity index (χ2n) is 7.60. The summed E-state index contributed by atoms with van der Waals surface area (Å²) in [6, 6.07) is 15.1. The summed E-state index contributed by atoms with van der Waals surface area (Å²) in [5.41, 5.74) is 2.05. The summed E-state index contributed by atoms with van der Waals surface area (Å²) in [6.45, 7) is 1.64. The van der Waals surface area contributed by atoms with Gasteiger partial charge in [-0.2, -0.15) is 0 Å². The van der Waals surface area contributed by atoms with Gasteiger partial charge in [0.25, 0.3) is 0 Å². The molecule has 152 valence electrons. The van der Waals surface area contributed by atoms with E-state index in [4.69, 9.17) is 0 Å². The van der Waals surface area contributed by atoms with E-state index in [1.807, 2.05) is 36.4 Å². The molecule has 2 heterocycles. The maximum Gasteiger partial charge on any atom is 0.211 e.